The van der Waals surface area contributed by atoms with E-state index in [1.165, 1.54) is 0 Å². The maximum atomic E-state index is 12.8. The number of anilines is 1. The number of nitrogens with zero attached hydrogens (tertiary/aromatic N) is 4. The Morgan fingerprint density at radius 1 is 1.14 bits per heavy atom. The second kappa shape index (κ2) is 7.54. The summed E-state index contributed by atoms with van der Waals surface area (Å²) in [6.07, 6.45) is 2.19. The molecule has 2 aromatic heterocycles. The van der Waals surface area contributed by atoms with Gasteiger partial charge in [-0.1, -0.05) is 18.2 Å². The van der Waals surface area contributed by atoms with Gasteiger partial charge in [-0.3, -0.25) is 14.3 Å². The Hall–Kier alpha value is -3.42. The summed E-state index contributed by atoms with van der Waals surface area (Å²) in [5.74, 6) is -0.208. The van der Waals surface area contributed by atoms with Crippen molar-refractivity contribution in [1.82, 2.24) is 24.9 Å². The van der Waals surface area contributed by atoms with Crippen LogP contribution in [0.5, 0.6) is 0 Å². The number of para-hydroxylation sites is 1. The molecule has 1 aromatic carbocycles. The molecule has 1 aliphatic carbocycles. The van der Waals surface area contributed by atoms with Crippen LogP contribution in [0.2, 0.25) is 0 Å². The molecular weight excluding hydrogens is 368 g/mol. The lowest BCUT2D eigenvalue weighted by molar-refractivity contribution is -0.115. The lowest BCUT2D eigenvalue weighted by Gasteiger charge is -2.09. The van der Waals surface area contributed by atoms with Crippen LogP contribution < -0.4 is 10.6 Å². The van der Waals surface area contributed by atoms with Gasteiger partial charge in [-0.05, 0) is 44.9 Å². The number of rotatable bonds is 6. The summed E-state index contributed by atoms with van der Waals surface area (Å²) < 4.78 is 3.36. The van der Waals surface area contributed by atoms with Crippen LogP contribution in [0.15, 0.2) is 36.4 Å². The molecule has 2 N–H and O–H groups in total. The third-order valence-corrected chi connectivity index (χ3v) is 5.14. The van der Waals surface area contributed by atoms with Gasteiger partial charge in [0.05, 0.1) is 35.0 Å². The van der Waals surface area contributed by atoms with Gasteiger partial charge in [-0.15, -0.1) is 0 Å². The first-order chi connectivity index (χ1) is 13.9. The molecule has 4 rings (SSSR count). The second-order valence-corrected chi connectivity index (χ2v) is 7.38. The average Bonchev–Trinajstić information content (AvgIpc) is 3.43. The summed E-state index contributed by atoms with van der Waals surface area (Å²) in [6.45, 7) is 3.58. The van der Waals surface area contributed by atoms with Crippen molar-refractivity contribution in [3.05, 3.63) is 59.2 Å². The van der Waals surface area contributed by atoms with E-state index in [4.69, 9.17) is 0 Å². The van der Waals surface area contributed by atoms with E-state index in [1.54, 1.807) is 9.36 Å². The van der Waals surface area contributed by atoms with Crippen LogP contribution in [0.3, 0.4) is 0 Å². The zero-order valence-electron chi connectivity index (χ0n) is 16.8. The Morgan fingerprint density at radius 2 is 1.86 bits per heavy atom. The fourth-order valence-electron chi connectivity index (χ4n) is 3.30. The Morgan fingerprint density at radius 3 is 2.48 bits per heavy atom. The fourth-order valence-corrected chi connectivity index (χ4v) is 3.30. The minimum atomic E-state index is -0.331. The highest BCUT2D eigenvalue weighted by Gasteiger charge is 2.29. The van der Waals surface area contributed by atoms with E-state index in [1.807, 2.05) is 57.3 Å². The molecule has 0 atom stereocenters. The van der Waals surface area contributed by atoms with Crippen molar-refractivity contribution in [3.8, 4) is 5.69 Å². The number of nitrogens with one attached hydrogen (secondary N) is 2. The molecule has 0 saturated heterocycles. The standard InChI is InChI=1S/C21H24N6O2/c1-13-20(14(2)26(3)24-13)23-19(28)12-22-21(29)18-11-17(15-9-10-15)25-27(18)16-7-5-4-6-8-16/h4-8,11,15H,9-10,12H2,1-3H3,(H,22,29)(H,23,28). The minimum absolute atomic E-state index is 0.134. The maximum absolute atomic E-state index is 12.8. The molecule has 0 spiro atoms. The summed E-state index contributed by atoms with van der Waals surface area (Å²) in [7, 11) is 1.82. The van der Waals surface area contributed by atoms with E-state index < -0.39 is 0 Å². The molecule has 1 aliphatic rings. The Bertz CT molecular complexity index is 1060. The van der Waals surface area contributed by atoms with Crippen molar-refractivity contribution < 1.29 is 9.59 Å². The van der Waals surface area contributed by atoms with Crippen molar-refractivity contribution in [2.75, 3.05) is 11.9 Å². The van der Waals surface area contributed by atoms with E-state index in [9.17, 15) is 9.59 Å². The normalized spacial score (nSPS) is 13.3. The van der Waals surface area contributed by atoms with E-state index >= 15 is 0 Å². The van der Waals surface area contributed by atoms with Crippen LogP contribution in [0.1, 0.15) is 46.3 Å². The highest BCUT2D eigenvalue weighted by molar-refractivity contribution is 5.99. The predicted molar refractivity (Wildman–Crippen MR) is 109 cm³/mol. The van der Waals surface area contributed by atoms with E-state index in [0.29, 0.717) is 17.3 Å². The summed E-state index contributed by atoms with van der Waals surface area (Å²) in [5.41, 5.74) is 4.44. The van der Waals surface area contributed by atoms with Gasteiger partial charge in [0, 0.05) is 13.0 Å². The smallest absolute Gasteiger partial charge is 0.270 e. The quantitative estimate of drug-likeness (QED) is 0.674. The third kappa shape index (κ3) is 3.91. The van der Waals surface area contributed by atoms with Gasteiger partial charge in [-0.2, -0.15) is 10.2 Å². The van der Waals surface area contributed by atoms with Crippen LogP contribution in [0.4, 0.5) is 5.69 Å². The van der Waals surface area contributed by atoms with Crippen molar-refractivity contribution in [2.24, 2.45) is 7.05 Å². The number of aromatic nitrogens is 4. The molecule has 1 fully saturated rings. The van der Waals surface area contributed by atoms with Gasteiger partial charge in [0.15, 0.2) is 0 Å². The van der Waals surface area contributed by atoms with Crippen LogP contribution in [-0.4, -0.2) is 37.9 Å². The molecule has 0 radical (unpaired) electrons. The summed E-state index contributed by atoms with van der Waals surface area (Å²) >= 11 is 0. The summed E-state index contributed by atoms with van der Waals surface area (Å²) in [4.78, 5) is 25.2. The van der Waals surface area contributed by atoms with Gasteiger partial charge in [0.2, 0.25) is 5.91 Å². The number of benzene rings is 1. The molecule has 2 heterocycles. The molecule has 29 heavy (non-hydrogen) atoms. The monoisotopic (exact) mass is 392 g/mol. The lowest BCUT2D eigenvalue weighted by Crippen LogP contribution is -2.34. The second-order valence-electron chi connectivity index (χ2n) is 7.38. The zero-order valence-corrected chi connectivity index (χ0v) is 16.8. The van der Waals surface area contributed by atoms with E-state index in [2.05, 4.69) is 20.8 Å². The fraction of sp³-hybridized carbons (Fsp3) is 0.333. The van der Waals surface area contributed by atoms with Crippen molar-refractivity contribution in [2.45, 2.75) is 32.6 Å². The van der Waals surface area contributed by atoms with E-state index in [-0.39, 0.29) is 18.4 Å². The molecule has 2 amide bonds. The lowest BCUT2D eigenvalue weighted by atomic mass is 10.2. The molecule has 3 aromatic rings. The first-order valence-electron chi connectivity index (χ1n) is 9.67. The van der Waals surface area contributed by atoms with E-state index in [0.717, 1.165) is 35.6 Å². The van der Waals surface area contributed by atoms with Crippen LogP contribution in [0.25, 0.3) is 5.69 Å². The zero-order chi connectivity index (χ0) is 20.5. The number of aryl methyl sites for hydroxylation is 2. The molecule has 1 saturated carbocycles. The number of hydrogen-bond donors (Lipinski definition) is 2. The molecule has 0 bridgehead atoms. The molecule has 0 aliphatic heterocycles. The maximum Gasteiger partial charge on any atom is 0.270 e. The Kier molecular flexibility index (Phi) is 4.92. The average molecular weight is 392 g/mol. The molecule has 8 nitrogen and oxygen atoms in total. The molecule has 150 valence electrons. The van der Waals surface area contributed by atoms with Crippen molar-refractivity contribution >= 4 is 17.5 Å². The summed E-state index contributed by atoms with van der Waals surface area (Å²) in [5, 5.41) is 14.4. The predicted octanol–water partition coefficient (Wildman–Crippen LogP) is 2.47. The topological polar surface area (TPSA) is 93.8 Å². The number of carbonyl (C=O) groups excluding carboxylic acids is 2. The summed E-state index contributed by atoms with van der Waals surface area (Å²) in [6, 6.07) is 11.4. The van der Waals surface area contributed by atoms with Crippen LogP contribution in [0, 0.1) is 13.8 Å². The number of carbonyl (C=O) groups is 2. The van der Waals surface area contributed by atoms with Crippen LogP contribution >= 0.6 is 0 Å². The van der Waals surface area contributed by atoms with Crippen LogP contribution in [-0.2, 0) is 11.8 Å². The van der Waals surface area contributed by atoms with Gasteiger partial charge in [0.1, 0.15) is 5.69 Å². The SMILES string of the molecule is Cc1nn(C)c(C)c1NC(=O)CNC(=O)c1cc(C2CC2)nn1-c1ccccc1. The molecule has 8 heteroatoms. The largest absolute Gasteiger partial charge is 0.342 e. The van der Waals surface area contributed by atoms with Crippen molar-refractivity contribution in [1.29, 1.82) is 0 Å². The molecular formula is C21H24N6O2. The Balaban J connectivity index is 1.47. The first kappa shape index (κ1) is 18.9. The first-order valence-corrected chi connectivity index (χ1v) is 9.67. The van der Waals surface area contributed by atoms with Gasteiger partial charge in [0.25, 0.3) is 5.91 Å². The number of hydrogen-bond acceptors (Lipinski definition) is 4. The third-order valence-electron chi connectivity index (χ3n) is 5.14. The molecule has 0 unspecified atom stereocenters. The van der Waals surface area contributed by atoms with Gasteiger partial charge >= 0.3 is 0 Å². The minimum Gasteiger partial charge on any atom is -0.342 e. The van der Waals surface area contributed by atoms with Gasteiger partial charge in [-0.25, -0.2) is 4.68 Å². The van der Waals surface area contributed by atoms with Gasteiger partial charge < -0.3 is 10.6 Å². The van der Waals surface area contributed by atoms with Crippen molar-refractivity contribution in [3.63, 3.8) is 0 Å². The highest BCUT2D eigenvalue weighted by Crippen LogP contribution is 2.39. The number of amides is 2. The highest BCUT2D eigenvalue weighted by atomic mass is 16.2. The Labute approximate surface area is 168 Å².